The summed E-state index contributed by atoms with van der Waals surface area (Å²) in [7, 11) is 0. The minimum atomic E-state index is -1.01. The number of benzene rings is 1. The Hall–Kier alpha value is -2.24. The molecule has 0 bridgehead atoms. The van der Waals surface area contributed by atoms with E-state index in [1.165, 1.54) is 0 Å². The molecule has 0 aliphatic heterocycles. The highest BCUT2D eigenvalue weighted by Crippen LogP contribution is 2.23. The molecule has 6 heteroatoms. The molecule has 134 valence electrons. The molecule has 0 heterocycles. The number of carboxylic acid groups (broad SMARTS) is 1. The Morgan fingerprint density at radius 3 is 2.00 bits per heavy atom. The lowest BCUT2D eigenvalue weighted by molar-refractivity contribution is -0.137. The van der Waals surface area contributed by atoms with Gasteiger partial charge in [-0.1, -0.05) is 12.1 Å². The first-order valence-electron chi connectivity index (χ1n) is 7.86. The summed E-state index contributed by atoms with van der Waals surface area (Å²) < 4.78 is 10.9. The molecule has 1 unspecified atom stereocenters. The van der Waals surface area contributed by atoms with Gasteiger partial charge in [-0.25, -0.2) is 4.79 Å². The van der Waals surface area contributed by atoms with Crippen LogP contribution in [0.5, 0.6) is 5.75 Å². The summed E-state index contributed by atoms with van der Waals surface area (Å²) in [6, 6.07) is 6.32. The number of rotatable bonds is 5. The lowest BCUT2D eigenvalue weighted by atomic mass is 10.0. The van der Waals surface area contributed by atoms with E-state index in [9.17, 15) is 9.59 Å². The highest BCUT2D eigenvalue weighted by atomic mass is 16.6. The van der Waals surface area contributed by atoms with Crippen LogP contribution in [0.1, 0.15) is 59.6 Å². The number of hydrogen-bond donors (Lipinski definition) is 2. The maximum Gasteiger partial charge on any atom is 0.408 e. The van der Waals surface area contributed by atoms with E-state index in [2.05, 4.69) is 5.32 Å². The third-order valence-corrected chi connectivity index (χ3v) is 2.78. The summed E-state index contributed by atoms with van der Waals surface area (Å²) in [5.41, 5.74) is -0.302. The van der Waals surface area contributed by atoms with Crippen LogP contribution in [0.25, 0.3) is 0 Å². The summed E-state index contributed by atoms with van der Waals surface area (Å²) >= 11 is 0. The molecule has 1 amide bonds. The van der Waals surface area contributed by atoms with Crippen molar-refractivity contribution in [3.8, 4) is 5.75 Å². The molecule has 0 fully saturated rings. The average molecular weight is 337 g/mol. The van der Waals surface area contributed by atoms with Crippen LogP contribution in [0.4, 0.5) is 4.79 Å². The fourth-order valence-electron chi connectivity index (χ4n) is 2.00. The Kier molecular flexibility index (Phi) is 6.23. The lowest BCUT2D eigenvalue weighted by Gasteiger charge is -2.24. The van der Waals surface area contributed by atoms with Gasteiger partial charge in [0, 0.05) is 0 Å². The molecule has 0 aliphatic carbocycles. The molecular weight excluding hydrogens is 310 g/mol. The fraction of sp³-hybridized carbons (Fsp3) is 0.556. The van der Waals surface area contributed by atoms with Crippen LogP contribution in [0.15, 0.2) is 24.3 Å². The van der Waals surface area contributed by atoms with Crippen molar-refractivity contribution in [2.45, 2.75) is 65.2 Å². The molecule has 1 rings (SSSR count). The Bertz CT molecular complexity index is 567. The van der Waals surface area contributed by atoms with Crippen LogP contribution in [-0.4, -0.2) is 28.4 Å². The summed E-state index contributed by atoms with van der Waals surface area (Å²) in [6.45, 7) is 11.1. The number of alkyl carbamates (subject to hydrolysis) is 1. The van der Waals surface area contributed by atoms with Crippen molar-refractivity contribution in [3.63, 3.8) is 0 Å². The first kappa shape index (κ1) is 19.8. The largest absolute Gasteiger partial charge is 0.488 e. The Morgan fingerprint density at radius 1 is 1.04 bits per heavy atom. The molecule has 0 radical (unpaired) electrons. The van der Waals surface area contributed by atoms with Crippen molar-refractivity contribution < 1.29 is 24.2 Å². The van der Waals surface area contributed by atoms with Crippen molar-refractivity contribution in [1.82, 2.24) is 5.32 Å². The first-order chi connectivity index (χ1) is 10.9. The number of ether oxygens (including phenoxy) is 2. The van der Waals surface area contributed by atoms with Crippen LogP contribution >= 0.6 is 0 Å². The first-order valence-corrected chi connectivity index (χ1v) is 7.86. The van der Waals surface area contributed by atoms with Gasteiger partial charge < -0.3 is 19.9 Å². The molecule has 2 N–H and O–H groups in total. The van der Waals surface area contributed by atoms with Crippen LogP contribution in [0.3, 0.4) is 0 Å². The number of hydrogen-bond acceptors (Lipinski definition) is 4. The molecule has 24 heavy (non-hydrogen) atoms. The minimum Gasteiger partial charge on any atom is -0.488 e. The van der Waals surface area contributed by atoms with E-state index in [1.807, 2.05) is 20.8 Å². The lowest BCUT2D eigenvalue weighted by Crippen LogP contribution is -2.35. The highest BCUT2D eigenvalue weighted by Gasteiger charge is 2.22. The zero-order chi connectivity index (χ0) is 18.5. The molecule has 0 spiro atoms. The topological polar surface area (TPSA) is 84.9 Å². The van der Waals surface area contributed by atoms with E-state index in [0.29, 0.717) is 11.3 Å². The van der Waals surface area contributed by atoms with Crippen LogP contribution < -0.4 is 10.1 Å². The quantitative estimate of drug-likeness (QED) is 0.851. The van der Waals surface area contributed by atoms with Crippen LogP contribution in [0, 0.1) is 0 Å². The maximum atomic E-state index is 11.9. The summed E-state index contributed by atoms with van der Waals surface area (Å²) in [4.78, 5) is 23.0. The standard InChI is InChI=1S/C18H27NO5/c1-17(2,3)23-13-9-7-12(8-10-13)14(11-15(20)21)19-16(22)24-18(4,5)6/h7-10,14H,11H2,1-6H3,(H,19,22)(H,20,21). The van der Waals surface area contributed by atoms with Gasteiger partial charge in [0.1, 0.15) is 17.0 Å². The maximum absolute atomic E-state index is 11.9. The van der Waals surface area contributed by atoms with E-state index in [-0.39, 0.29) is 12.0 Å². The Morgan fingerprint density at radius 2 is 1.58 bits per heavy atom. The number of carboxylic acids is 1. The van der Waals surface area contributed by atoms with Gasteiger partial charge in [-0.15, -0.1) is 0 Å². The molecule has 0 saturated carbocycles. The second kappa shape index (κ2) is 7.55. The number of amides is 1. The van der Waals surface area contributed by atoms with Crippen molar-refractivity contribution in [1.29, 1.82) is 0 Å². The summed E-state index contributed by atoms with van der Waals surface area (Å²) in [5, 5.41) is 11.7. The molecule has 1 atom stereocenters. The number of carbonyl (C=O) groups is 2. The molecule has 1 aromatic carbocycles. The van der Waals surface area contributed by atoms with Gasteiger partial charge in [-0.3, -0.25) is 4.79 Å². The molecular formula is C18H27NO5. The Labute approximate surface area is 143 Å². The Balaban J connectivity index is 2.88. The predicted molar refractivity (Wildman–Crippen MR) is 91.2 cm³/mol. The third-order valence-electron chi connectivity index (χ3n) is 2.78. The molecule has 0 aromatic heterocycles. The van der Waals surface area contributed by atoms with Crippen molar-refractivity contribution in [3.05, 3.63) is 29.8 Å². The van der Waals surface area contributed by atoms with Crippen LogP contribution in [-0.2, 0) is 9.53 Å². The molecule has 0 aliphatic rings. The van der Waals surface area contributed by atoms with E-state index in [1.54, 1.807) is 45.0 Å². The van der Waals surface area contributed by atoms with Gasteiger partial charge in [-0.2, -0.15) is 0 Å². The summed E-state index contributed by atoms with van der Waals surface area (Å²) in [5.74, 6) is -0.330. The monoisotopic (exact) mass is 337 g/mol. The second-order valence-corrected chi connectivity index (χ2v) is 7.58. The van der Waals surface area contributed by atoms with Crippen molar-refractivity contribution >= 4 is 12.1 Å². The molecule has 0 saturated heterocycles. The zero-order valence-corrected chi connectivity index (χ0v) is 15.2. The van der Waals surface area contributed by atoms with Crippen molar-refractivity contribution in [2.24, 2.45) is 0 Å². The van der Waals surface area contributed by atoms with Gasteiger partial charge >= 0.3 is 12.1 Å². The molecule has 6 nitrogen and oxygen atoms in total. The zero-order valence-electron chi connectivity index (χ0n) is 15.2. The van der Waals surface area contributed by atoms with E-state index >= 15 is 0 Å². The fourth-order valence-corrected chi connectivity index (χ4v) is 2.00. The van der Waals surface area contributed by atoms with E-state index in [4.69, 9.17) is 14.6 Å². The highest BCUT2D eigenvalue weighted by molar-refractivity contribution is 5.72. The number of nitrogens with one attached hydrogen (secondary N) is 1. The third kappa shape index (κ3) is 7.85. The van der Waals surface area contributed by atoms with Gasteiger partial charge in [-0.05, 0) is 59.2 Å². The van der Waals surface area contributed by atoms with Crippen molar-refractivity contribution in [2.75, 3.05) is 0 Å². The molecule has 1 aromatic rings. The summed E-state index contributed by atoms with van der Waals surface area (Å²) in [6.07, 6.45) is -0.887. The van der Waals surface area contributed by atoms with Crippen LogP contribution in [0.2, 0.25) is 0 Å². The number of aliphatic carboxylic acids is 1. The minimum absolute atomic E-state index is 0.237. The van der Waals surface area contributed by atoms with E-state index in [0.717, 1.165) is 0 Å². The number of carbonyl (C=O) groups excluding carboxylic acids is 1. The normalized spacial score (nSPS) is 13.1. The van der Waals surface area contributed by atoms with Gasteiger partial charge in [0.25, 0.3) is 0 Å². The van der Waals surface area contributed by atoms with Gasteiger partial charge in [0.15, 0.2) is 0 Å². The average Bonchev–Trinajstić information content (AvgIpc) is 2.34. The smallest absolute Gasteiger partial charge is 0.408 e. The second-order valence-electron chi connectivity index (χ2n) is 7.58. The van der Waals surface area contributed by atoms with Gasteiger partial charge in [0.05, 0.1) is 12.5 Å². The van der Waals surface area contributed by atoms with Gasteiger partial charge in [0.2, 0.25) is 0 Å². The van der Waals surface area contributed by atoms with E-state index < -0.39 is 23.7 Å². The SMILES string of the molecule is CC(C)(C)OC(=O)NC(CC(=O)O)c1ccc(OC(C)(C)C)cc1. The predicted octanol–water partition coefficient (Wildman–Crippen LogP) is 3.90.